The van der Waals surface area contributed by atoms with Crippen molar-refractivity contribution in [2.24, 2.45) is 0 Å². The summed E-state index contributed by atoms with van der Waals surface area (Å²) in [6.45, 7) is 11.5. The van der Waals surface area contributed by atoms with Gasteiger partial charge >= 0.3 is 0 Å². The van der Waals surface area contributed by atoms with E-state index in [4.69, 9.17) is 4.74 Å². The molecule has 2 heteroatoms. The van der Waals surface area contributed by atoms with Gasteiger partial charge in [0.15, 0.2) is 0 Å². The minimum Gasteiger partial charge on any atom is -0.496 e. The van der Waals surface area contributed by atoms with Gasteiger partial charge in [0.05, 0.1) is 12.7 Å². The fraction of sp³-hybridized carbons (Fsp3) is 0.375. The van der Waals surface area contributed by atoms with E-state index in [2.05, 4.69) is 13.5 Å². The number of hydrogen-bond donors (Lipinski definition) is 1. The van der Waals surface area contributed by atoms with E-state index in [1.54, 1.807) is 20.1 Å². The Kier molecular flexibility index (Phi) is 4.36. The average Bonchev–Trinajstić information content (AvgIpc) is 2.33. The van der Waals surface area contributed by atoms with Gasteiger partial charge in [-0.2, -0.15) is 0 Å². The Hall–Kier alpha value is -1.54. The van der Waals surface area contributed by atoms with Gasteiger partial charge in [0.25, 0.3) is 0 Å². The summed E-state index contributed by atoms with van der Waals surface area (Å²) >= 11 is 0. The molecule has 0 aliphatic rings. The van der Waals surface area contributed by atoms with E-state index >= 15 is 0 Å². The smallest absolute Gasteiger partial charge is 0.122 e. The molecule has 1 aromatic carbocycles. The van der Waals surface area contributed by atoms with Gasteiger partial charge in [-0.3, -0.25) is 0 Å². The van der Waals surface area contributed by atoms with Crippen LogP contribution in [0.25, 0.3) is 6.08 Å². The first-order valence-electron chi connectivity index (χ1n) is 6.02. The van der Waals surface area contributed by atoms with Crippen LogP contribution in [0, 0.1) is 20.8 Å². The predicted octanol–water partition coefficient (Wildman–Crippen LogP) is 3.57. The van der Waals surface area contributed by atoms with Gasteiger partial charge in [-0.05, 0) is 62.1 Å². The number of ether oxygens (including phenoxy) is 1. The summed E-state index contributed by atoms with van der Waals surface area (Å²) in [5.74, 6) is 0.901. The summed E-state index contributed by atoms with van der Waals surface area (Å²) in [5.41, 5.74) is 3.57. The van der Waals surface area contributed by atoms with Gasteiger partial charge in [-0.25, -0.2) is 0 Å². The number of aryl methyl sites for hydroxylation is 1. The minimum absolute atomic E-state index is 0.901. The quantitative estimate of drug-likeness (QED) is 0.823. The molecule has 2 nitrogen and oxygen atoms in total. The molecule has 0 spiro atoms. The monoisotopic (exact) mass is 246 g/mol. The number of aliphatic hydroxyl groups is 1. The molecule has 0 aliphatic heterocycles. The maximum absolute atomic E-state index is 9.91. The molecule has 0 amide bonds. The first kappa shape index (κ1) is 14.5. The summed E-state index contributed by atoms with van der Waals surface area (Å²) in [6.07, 6.45) is 5.21. The molecule has 0 heterocycles. The molecule has 0 aromatic heterocycles. The fourth-order valence-electron chi connectivity index (χ4n) is 1.85. The highest BCUT2D eigenvalue weighted by atomic mass is 16.5. The van der Waals surface area contributed by atoms with Crippen molar-refractivity contribution >= 4 is 6.08 Å². The molecule has 18 heavy (non-hydrogen) atoms. The summed E-state index contributed by atoms with van der Waals surface area (Å²) in [4.78, 5) is 0. The lowest BCUT2D eigenvalue weighted by molar-refractivity contribution is 0.165. The minimum atomic E-state index is -0.979. The van der Waals surface area contributed by atoms with Gasteiger partial charge in [0.1, 0.15) is 5.75 Å². The van der Waals surface area contributed by atoms with E-state index < -0.39 is 5.60 Å². The van der Waals surface area contributed by atoms with Crippen LogP contribution in [0.3, 0.4) is 0 Å². The van der Waals surface area contributed by atoms with Gasteiger partial charge in [0.2, 0.25) is 0 Å². The molecule has 0 fully saturated rings. The maximum Gasteiger partial charge on any atom is 0.122 e. The number of rotatable bonds is 4. The van der Waals surface area contributed by atoms with Crippen LogP contribution in [0.4, 0.5) is 0 Å². The van der Waals surface area contributed by atoms with Crippen LogP contribution in [0.5, 0.6) is 5.75 Å². The summed E-state index contributed by atoms with van der Waals surface area (Å²) in [7, 11) is 1.68. The maximum atomic E-state index is 9.91. The van der Waals surface area contributed by atoms with Crippen LogP contribution in [0.2, 0.25) is 0 Å². The molecular weight excluding hydrogens is 224 g/mol. The van der Waals surface area contributed by atoms with Crippen LogP contribution in [-0.2, 0) is 0 Å². The standard InChI is InChI=1S/C16H22O2/c1-7-16(5,17)9-8-14-11(2)10-15(18-6)13(4)12(14)3/h7-10,17H,1H2,2-6H3/b9-8+/t16-/m1/s1. The third-order valence-corrected chi connectivity index (χ3v) is 3.33. The highest BCUT2D eigenvalue weighted by molar-refractivity contribution is 5.63. The largest absolute Gasteiger partial charge is 0.496 e. The highest BCUT2D eigenvalue weighted by Crippen LogP contribution is 2.28. The third-order valence-electron chi connectivity index (χ3n) is 3.33. The lowest BCUT2D eigenvalue weighted by Crippen LogP contribution is -2.15. The second-order valence-corrected chi connectivity index (χ2v) is 4.82. The third kappa shape index (κ3) is 3.02. The summed E-state index contributed by atoms with van der Waals surface area (Å²) in [6, 6.07) is 2.02. The Bertz CT molecular complexity index is 482. The summed E-state index contributed by atoms with van der Waals surface area (Å²) in [5, 5.41) is 9.91. The number of methoxy groups -OCH3 is 1. The Balaban J connectivity index is 3.27. The van der Waals surface area contributed by atoms with E-state index in [0.29, 0.717) is 0 Å². The van der Waals surface area contributed by atoms with Crippen molar-refractivity contribution in [2.45, 2.75) is 33.3 Å². The van der Waals surface area contributed by atoms with E-state index in [1.165, 1.54) is 11.6 Å². The molecule has 1 atom stereocenters. The molecule has 1 rings (SSSR count). The second-order valence-electron chi connectivity index (χ2n) is 4.82. The Morgan fingerprint density at radius 2 is 1.89 bits per heavy atom. The lowest BCUT2D eigenvalue weighted by atomic mass is 9.95. The van der Waals surface area contributed by atoms with Crippen molar-refractivity contribution < 1.29 is 9.84 Å². The van der Waals surface area contributed by atoms with Crippen molar-refractivity contribution in [2.75, 3.05) is 7.11 Å². The topological polar surface area (TPSA) is 29.5 Å². The van der Waals surface area contributed by atoms with Crippen LogP contribution < -0.4 is 4.74 Å². The molecule has 0 unspecified atom stereocenters. The second kappa shape index (κ2) is 5.40. The number of benzene rings is 1. The molecule has 0 saturated heterocycles. The molecular formula is C16H22O2. The molecule has 98 valence electrons. The Morgan fingerprint density at radius 3 is 2.39 bits per heavy atom. The first-order valence-corrected chi connectivity index (χ1v) is 6.02. The van der Waals surface area contributed by atoms with Crippen LogP contribution in [0.15, 0.2) is 24.8 Å². The van der Waals surface area contributed by atoms with E-state index in [0.717, 1.165) is 22.4 Å². The van der Waals surface area contributed by atoms with Crippen molar-refractivity contribution in [3.05, 3.63) is 47.1 Å². The molecule has 0 bridgehead atoms. The van der Waals surface area contributed by atoms with Crippen molar-refractivity contribution in [1.29, 1.82) is 0 Å². The SMILES string of the molecule is C=C[C@@](C)(O)/C=C/c1c(C)cc(OC)c(C)c1C. The summed E-state index contributed by atoms with van der Waals surface area (Å²) < 4.78 is 5.34. The van der Waals surface area contributed by atoms with Crippen molar-refractivity contribution in [3.63, 3.8) is 0 Å². The fourth-order valence-corrected chi connectivity index (χ4v) is 1.85. The zero-order valence-electron chi connectivity index (χ0n) is 11.9. The molecule has 0 radical (unpaired) electrons. The molecule has 1 aromatic rings. The average molecular weight is 246 g/mol. The van der Waals surface area contributed by atoms with Crippen LogP contribution in [0.1, 0.15) is 29.2 Å². The van der Waals surface area contributed by atoms with Crippen molar-refractivity contribution in [1.82, 2.24) is 0 Å². The van der Waals surface area contributed by atoms with Gasteiger partial charge in [-0.1, -0.05) is 18.7 Å². The van der Waals surface area contributed by atoms with Crippen molar-refractivity contribution in [3.8, 4) is 5.75 Å². The van der Waals surface area contributed by atoms with E-state index in [-0.39, 0.29) is 0 Å². The predicted molar refractivity (Wildman–Crippen MR) is 77.1 cm³/mol. The van der Waals surface area contributed by atoms with E-state index in [1.807, 2.05) is 26.0 Å². The number of hydrogen-bond acceptors (Lipinski definition) is 2. The molecule has 0 aliphatic carbocycles. The van der Waals surface area contributed by atoms with Gasteiger partial charge in [-0.15, -0.1) is 0 Å². The van der Waals surface area contributed by atoms with Gasteiger partial charge in [0, 0.05) is 0 Å². The normalized spacial score (nSPS) is 14.6. The molecule has 1 N–H and O–H groups in total. The van der Waals surface area contributed by atoms with E-state index in [9.17, 15) is 5.11 Å². The zero-order valence-corrected chi connectivity index (χ0v) is 11.9. The zero-order chi connectivity index (χ0) is 13.9. The van der Waals surface area contributed by atoms with Gasteiger partial charge < -0.3 is 9.84 Å². The van der Waals surface area contributed by atoms with Crippen LogP contribution in [-0.4, -0.2) is 17.8 Å². The molecule has 0 saturated carbocycles. The first-order chi connectivity index (χ1) is 8.32. The Morgan fingerprint density at radius 1 is 1.28 bits per heavy atom. The highest BCUT2D eigenvalue weighted by Gasteiger charge is 2.12. The lowest BCUT2D eigenvalue weighted by Gasteiger charge is -2.16. The Labute approximate surface area is 110 Å². The van der Waals surface area contributed by atoms with Crippen LogP contribution >= 0.6 is 0 Å².